The normalized spacial score (nSPS) is 23.1. The summed E-state index contributed by atoms with van der Waals surface area (Å²) >= 11 is 6.27. The highest BCUT2D eigenvalue weighted by Crippen LogP contribution is 2.30. The van der Waals surface area contributed by atoms with E-state index in [-0.39, 0.29) is 0 Å². The van der Waals surface area contributed by atoms with Crippen LogP contribution in [0.5, 0.6) is 0 Å². The van der Waals surface area contributed by atoms with Gasteiger partial charge >= 0.3 is 0 Å². The van der Waals surface area contributed by atoms with Crippen molar-refractivity contribution >= 4 is 17.3 Å². The number of nitrogens with zero attached hydrogens (tertiary/aromatic N) is 1. The largest absolute Gasteiger partial charge is 0.389 e. The van der Waals surface area contributed by atoms with Crippen LogP contribution >= 0.6 is 11.6 Å². The first-order chi connectivity index (χ1) is 9.13. The fraction of sp³-hybridized carbons (Fsp3) is 0.571. The lowest BCUT2D eigenvalue weighted by Gasteiger charge is -2.22. The zero-order chi connectivity index (χ0) is 13.8. The highest BCUT2D eigenvalue weighted by atomic mass is 35.5. The van der Waals surface area contributed by atoms with Crippen molar-refractivity contribution in [2.24, 2.45) is 0 Å². The van der Waals surface area contributed by atoms with Crippen molar-refractivity contribution in [3.63, 3.8) is 0 Å². The molecule has 2 atom stereocenters. The first kappa shape index (κ1) is 14.6. The van der Waals surface area contributed by atoms with Crippen molar-refractivity contribution in [3.05, 3.63) is 28.8 Å². The van der Waals surface area contributed by atoms with Gasteiger partial charge in [-0.05, 0) is 25.1 Å². The average Bonchev–Trinajstić information content (AvgIpc) is 2.71. The Labute approximate surface area is 119 Å². The topological polar surface area (TPSA) is 55.7 Å². The number of hydrogen-bond acceptors (Lipinski definition) is 4. The summed E-state index contributed by atoms with van der Waals surface area (Å²) in [7, 11) is 0. The van der Waals surface area contributed by atoms with E-state index in [0.717, 1.165) is 29.2 Å². The lowest BCUT2D eigenvalue weighted by Crippen LogP contribution is -2.24. The zero-order valence-corrected chi connectivity index (χ0v) is 11.9. The molecule has 0 aromatic heterocycles. The quantitative estimate of drug-likeness (QED) is 0.715. The molecule has 2 rings (SSSR count). The number of hydrogen-bond donors (Lipinski definition) is 3. The van der Waals surface area contributed by atoms with Crippen molar-refractivity contribution < 1.29 is 10.2 Å². The number of nitrogens with one attached hydrogen (secondary N) is 1. The molecule has 1 fully saturated rings. The number of aliphatic hydroxyl groups excluding tert-OH is 2. The second kappa shape index (κ2) is 6.57. The van der Waals surface area contributed by atoms with Crippen LogP contribution in [0, 0.1) is 0 Å². The molecule has 1 aromatic carbocycles. The minimum absolute atomic E-state index is 0.447. The van der Waals surface area contributed by atoms with Gasteiger partial charge in [0.1, 0.15) is 0 Å². The minimum Gasteiger partial charge on any atom is -0.389 e. The first-order valence-corrected chi connectivity index (χ1v) is 7.10. The van der Waals surface area contributed by atoms with Gasteiger partial charge < -0.3 is 20.4 Å². The summed E-state index contributed by atoms with van der Waals surface area (Å²) in [5.41, 5.74) is 2.02. The fourth-order valence-electron chi connectivity index (χ4n) is 2.37. The van der Waals surface area contributed by atoms with Gasteiger partial charge in [0.05, 0.1) is 12.2 Å². The molecule has 1 heterocycles. The molecule has 0 radical (unpaired) electrons. The van der Waals surface area contributed by atoms with Crippen molar-refractivity contribution in [3.8, 4) is 0 Å². The summed E-state index contributed by atoms with van der Waals surface area (Å²) in [6, 6.07) is 5.76. The van der Waals surface area contributed by atoms with Crippen LogP contribution in [-0.2, 0) is 6.54 Å². The number of anilines is 1. The Morgan fingerprint density at radius 3 is 2.63 bits per heavy atom. The van der Waals surface area contributed by atoms with E-state index in [4.69, 9.17) is 11.6 Å². The molecule has 1 saturated heterocycles. The Bertz CT molecular complexity index is 418. The van der Waals surface area contributed by atoms with Crippen LogP contribution in [-0.4, -0.2) is 42.1 Å². The molecule has 0 spiro atoms. The molecule has 0 bridgehead atoms. The molecule has 106 valence electrons. The van der Waals surface area contributed by atoms with E-state index in [9.17, 15) is 10.2 Å². The summed E-state index contributed by atoms with van der Waals surface area (Å²) in [4.78, 5) is 1.99. The van der Waals surface area contributed by atoms with E-state index in [1.807, 2.05) is 23.1 Å². The number of benzene rings is 1. The molecule has 0 aliphatic carbocycles. The highest BCUT2D eigenvalue weighted by Gasteiger charge is 2.30. The number of β-amino-alcohol motifs (C(OH)–C–C–N with tert-alkyl or cyclic N) is 2. The number of rotatable bonds is 5. The maximum Gasteiger partial charge on any atom is 0.0990 e. The van der Waals surface area contributed by atoms with Gasteiger partial charge in [0.15, 0.2) is 0 Å². The average molecular weight is 285 g/mol. The third-order valence-corrected chi connectivity index (χ3v) is 3.78. The summed E-state index contributed by atoms with van der Waals surface area (Å²) in [5, 5.41) is 23.4. The van der Waals surface area contributed by atoms with Gasteiger partial charge in [0.25, 0.3) is 0 Å². The van der Waals surface area contributed by atoms with Gasteiger partial charge in [0.2, 0.25) is 0 Å². The van der Waals surface area contributed by atoms with Crippen LogP contribution in [0.4, 0.5) is 5.69 Å². The molecule has 1 aliphatic rings. The van der Waals surface area contributed by atoms with Gasteiger partial charge in [-0.25, -0.2) is 0 Å². The second-order valence-corrected chi connectivity index (χ2v) is 5.36. The summed E-state index contributed by atoms with van der Waals surface area (Å²) in [6.07, 6.45) is -0.299. The van der Waals surface area contributed by atoms with Gasteiger partial charge in [-0.3, -0.25) is 0 Å². The van der Waals surface area contributed by atoms with Crippen molar-refractivity contribution in [1.82, 2.24) is 5.32 Å². The number of halogens is 1. The third kappa shape index (κ3) is 3.39. The summed E-state index contributed by atoms with van der Waals surface area (Å²) < 4.78 is 0. The van der Waals surface area contributed by atoms with Gasteiger partial charge in [-0.1, -0.05) is 24.6 Å². The predicted octanol–water partition coefficient (Wildman–Crippen LogP) is 1.38. The van der Waals surface area contributed by atoms with Crippen LogP contribution in [0.25, 0.3) is 0 Å². The molecule has 19 heavy (non-hydrogen) atoms. The van der Waals surface area contributed by atoms with Crippen molar-refractivity contribution in [2.75, 3.05) is 24.5 Å². The second-order valence-electron chi connectivity index (χ2n) is 4.95. The van der Waals surface area contributed by atoms with E-state index in [2.05, 4.69) is 12.2 Å². The zero-order valence-electron chi connectivity index (χ0n) is 11.1. The van der Waals surface area contributed by atoms with Gasteiger partial charge in [0, 0.05) is 35.9 Å². The summed E-state index contributed by atoms with van der Waals surface area (Å²) in [6.45, 7) is 4.65. The SMILES string of the molecule is CCCNCc1c(Cl)cccc1N1CC(O)C(O)C1. The lowest BCUT2D eigenvalue weighted by atomic mass is 10.1. The van der Waals surface area contributed by atoms with Crippen LogP contribution in [0.1, 0.15) is 18.9 Å². The maximum absolute atomic E-state index is 9.66. The predicted molar refractivity (Wildman–Crippen MR) is 77.7 cm³/mol. The van der Waals surface area contributed by atoms with Gasteiger partial charge in [-0.15, -0.1) is 0 Å². The molecule has 1 aromatic rings. The van der Waals surface area contributed by atoms with E-state index in [1.165, 1.54) is 0 Å². The van der Waals surface area contributed by atoms with E-state index in [0.29, 0.717) is 19.6 Å². The maximum atomic E-state index is 9.66. The molecule has 4 nitrogen and oxygen atoms in total. The summed E-state index contributed by atoms with van der Waals surface area (Å²) in [5.74, 6) is 0. The highest BCUT2D eigenvalue weighted by molar-refractivity contribution is 6.31. The number of aliphatic hydroxyl groups is 2. The van der Waals surface area contributed by atoms with E-state index in [1.54, 1.807) is 0 Å². The molecule has 2 unspecified atom stereocenters. The van der Waals surface area contributed by atoms with E-state index >= 15 is 0 Å². The minimum atomic E-state index is -0.685. The Morgan fingerprint density at radius 1 is 1.32 bits per heavy atom. The Hall–Kier alpha value is -0.810. The molecule has 3 N–H and O–H groups in total. The Kier molecular flexibility index (Phi) is 5.05. The van der Waals surface area contributed by atoms with E-state index < -0.39 is 12.2 Å². The van der Waals surface area contributed by atoms with Crippen LogP contribution in [0.15, 0.2) is 18.2 Å². The first-order valence-electron chi connectivity index (χ1n) is 6.72. The molecular weight excluding hydrogens is 264 g/mol. The Balaban J connectivity index is 2.17. The smallest absolute Gasteiger partial charge is 0.0990 e. The molecule has 0 saturated carbocycles. The van der Waals surface area contributed by atoms with Crippen molar-refractivity contribution in [1.29, 1.82) is 0 Å². The molecular formula is C14H21ClN2O2. The van der Waals surface area contributed by atoms with Crippen molar-refractivity contribution in [2.45, 2.75) is 32.1 Å². The molecule has 1 aliphatic heterocycles. The fourth-order valence-corrected chi connectivity index (χ4v) is 2.61. The van der Waals surface area contributed by atoms with Crippen LogP contribution in [0.2, 0.25) is 5.02 Å². The van der Waals surface area contributed by atoms with Crippen LogP contribution in [0.3, 0.4) is 0 Å². The Morgan fingerprint density at radius 2 is 2.00 bits per heavy atom. The monoisotopic (exact) mass is 284 g/mol. The van der Waals surface area contributed by atoms with Crippen LogP contribution < -0.4 is 10.2 Å². The molecule has 0 amide bonds. The van der Waals surface area contributed by atoms with Gasteiger partial charge in [-0.2, -0.15) is 0 Å². The molecule has 5 heteroatoms. The lowest BCUT2D eigenvalue weighted by molar-refractivity contribution is 0.0572. The standard InChI is InChI=1S/C14H21ClN2O2/c1-2-6-16-7-10-11(15)4-3-5-12(10)17-8-13(18)14(19)9-17/h3-5,13-14,16,18-19H,2,6-9H2,1H3. The third-order valence-electron chi connectivity index (χ3n) is 3.42.